The Morgan fingerprint density at radius 2 is 1.88 bits per heavy atom. The summed E-state index contributed by atoms with van der Waals surface area (Å²) >= 11 is 1.52. The molecule has 0 saturated carbocycles. The average Bonchev–Trinajstić information content (AvgIpc) is 2.96. The van der Waals surface area contributed by atoms with Crippen molar-refractivity contribution in [1.29, 1.82) is 0 Å². The maximum atomic E-state index is 13.8. The number of ether oxygens (including phenoxy) is 1. The molecule has 0 fully saturated rings. The molecule has 2 aromatic carbocycles. The maximum absolute atomic E-state index is 13.8. The van der Waals surface area contributed by atoms with Crippen molar-refractivity contribution >= 4 is 16.5 Å². The van der Waals surface area contributed by atoms with Gasteiger partial charge in [0, 0.05) is 23.2 Å². The zero-order valence-electron chi connectivity index (χ0n) is 14.3. The smallest absolute Gasteiger partial charge is 0.183 e. The third-order valence-corrected chi connectivity index (χ3v) is 5.70. The first-order valence-electron chi connectivity index (χ1n) is 8.50. The molecule has 4 rings (SSSR count). The Morgan fingerprint density at radius 3 is 2.65 bits per heavy atom. The van der Waals surface area contributed by atoms with Crippen molar-refractivity contribution in [1.82, 2.24) is 4.98 Å². The lowest BCUT2D eigenvalue weighted by molar-refractivity contribution is 0.409. The van der Waals surface area contributed by atoms with E-state index in [1.165, 1.54) is 35.1 Å². The van der Waals surface area contributed by atoms with Crippen LogP contribution in [0.5, 0.6) is 5.75 Å². The number of hydrogen-bond donors (Lipinski definition) is 1. The number of benzene rings is 2. The predicted octanol–water partition coefficient (Wildman–Crippen LogP) is 5.20. The Hall–Kier alpha value is -2.47. The molecule has 0 aliphatic heterocycles. The standard InChI is InChI=1S/C20H18F2N2OS/c1-25-18-10-3-6-13-12(18)5-2-9-17-19(13)26-20(24-17)23-11-14-15(21)7-4-8-16(14)22/h3-4,6-8,10H,2,5,9,11H2,1H3,(H,23,24). The second-order valence-corrected chi connectivity index (χ2v) is 7.19. The molecule has 1 aliphatic rings. The van der Waals surface area contributed by atoms with Crippen molar-refractivity contribution in [3.05, 3.63) is 64.9 Å². The predicted molar refractivity (Wildman–Crippen MR) is 99.8 cm³/mol. The number of anilines is 1. The molecule has 134 valence electrons. The van der Waals surface area contributed by atoms with Gasteiger partial charge in [-0.25, -0.2) is 13.8 Å². The van der Waals surface area contributed by atoms with Crippen molar-refractivity contribution in [2.45, 2.75) is 25.8 Å². The van der Waals surface area contributed by atoms with Gasteiger partial charge in [0.2, 0.25) is 0 Å². The largest absolute Gasteiger partial charge is 0.496 e. The van der Waals surface area contributed by atoms with Crippen LogP contribution in [0.15, 0.2) is 36.4 Å². The van der Waals surface area contributed by atoms with E-state index in [1.807, 2.05) is 12.1 Å². The Bertz CT molecular complexity index is 935. The first-order chi connectivity index (χ1) is 12.7. The summed E-state index contributed by atoms with van der Waals surface area (Å²) in [5, 5.41) is 3.75. The van der Waals surface area contributed by atoms with Gasteiger partial charge >= 0.3 is 0 Å². The highest BCUT2D eigenvalue weighted by Gasteiger charge is 2.21. The van der Waals surface area contributed by atoms with Crippen LogP contribution < -0.4 is 10.1 Å². The van der Waals surface area contributed by atoms with Crippen LogP contribution in [0, 0.1) is 11.6 Å². The molecule has 0 unspecified atom stereocenters. The fraction of sp³-hybridized carbons (Fsp3) is 0.250. The lowest BCUT2D eigenvalue weighted by Gasteiger charge is -2.10. The van der Waals surface area contributed by atoms with Crippen molar-refractivity contribution in [3.8, 4) is 16.2 Å². The zero-order valence-corrected chi connectivity index (χ0v) is 15.1. The molecule has 0 amide bonds. The first kappa shape index (κ1) is 17.0. The summed E-state index contributed by atoms with van der Waals surface area (Å²) in [5.74, 6) is -0.205. The van der Waals surface area contributed by atoms with Crippen molar-refractivity contribution < 1.29 is 13.5 Å². The highest BCUT2D eigenvalue weighted by Crippen LogP contribution is 2.41. The third kappa shape index (κ3) is 3.05. The number of hydrogen-bond acceptors (Lipinski definition) is 4. The number of aryl methyl sites for hydroxylation is 1. The summed E-state index contributed by atoms with van der Waals surface area (Å²) in [5.41, 5.74) is 3.39. The average molecular weight is 372 g/mol. The van der Waals surface area contributed by atoms with E-state index in [9.17, 15) is 8.78 Å². The van der Waals surface area contributed by atoms with Gasteiger partial charge in [-0.1, -0.05) is 29.5 Å². The van der Waals surface area contributed by atoms with E-state index in [4.69, 9.17) is 4.74 Å². The molecule has 3 aromatic rings. The molecular formula is C20H18F2N2OS. The lowest BCUT2D eigenvalue weighted by Crippen LogP contribution is -2.04. The quantitative estimate of drug-likeness (QED) is 0.684. The van der Waals surface area contributed by atoms with Crippen molar-refractivity contribution in [2.75, 3.05) is 12.4 Å². The van der Waals surface area contributed by atoms with Gasteiger partial charge in [0.1, 0.15) is 17.4 Å². The van der Waals surface area contributed by atoms with E-state index in [0.717, 1.165) is 41.1 Å². The first-order valence-corrected chi connectivity index (χ1v) is 9.31. The van der Waals surface area contributed by atoms with Gasteiger partial charge in [0.25, 0.3) is 0 Å². The van der Waals surface area contributed by atoms with Gasteiger partial charge in [-0.05, 0) is 37.5 Å². The minimum atomic E-state index is -0.550. The highest BCUT2D eigenvalue weighted by molar-refractivity contribution is 7.19. The summed E-state index contributed by atoms with van der Waals surface area (Å²) in [6.45, 7) is 0.0653. The number of fused-ring (bicyclic) bond motifs is 3. The molecule has 0 radical (unpaired) electrons. The Labute approximate surface area is 154 Å². The topological polar surface area (TPSA) is 34.1 Å². The number of aromatic nitrogens is 1. The zero-order chi connectivity index (χ0) is 18.1. The SMILES string of the molecule is COc1cccc2c1CCCc1nc(NCc3c(F)cccc3F)sc1-2. The number of rotatable bonds is 4. The minimum Gasteiger partial charge on any atom is -0.496 e. The van der Waals surface area contributed by atoms with Gasteiger partial charge in [-0.2, -0.15) is 0 Å². The second-order valence-electron chi connectivity index (χ2n) is 6.19. The molecule has 6 heteroatoms. The molecule has 3 nitrogen and oxygen atoms in total. The summed E-state index contributed by atoms with van der Waals surface area (Å²) in [4.78, 5) is 5.77. The van der Waals surface area contributed by atoms with Crippen LogP contribution >= 0.6 is 11.3 Å². The Kier molecular flexibility index (Phi) is 4.59. The van der Waals surface area contributed by atoms with Crippen LogP contribution in [0.25, 0.3) is 10.4 Å². The van der Waals surface area contributed by atoms with Crippen LogP contribution in [-0.2, 0) is 19.4 Å². The third-order valence-electron chi connectivity index (χ3n) is 4.61. The normalized spacial score (nSPS) is 12.9. The molecule has 1 N–H and O–H groups in total. The van der Waals surface area contributed by atoms with E-state index in [0.29, 0.717) is 5.13 Å². The van der Waals surface area contributed by atoms with Crippen LogP contribution in [-0.4, -0.2) is 12.1 Å². The number of methoxy groups -OCH3 is 1. The summed E-state index contributed by atoms with van der Waals surface area (Å²) in [6.07, 6.45) is 2.82. The summed E-state index contributed by atoms with van der Waals surface area (Å²) in [7, 11) is 1.68. The van der Waals surface area contributed by atoms with Crippen LogP contribution in [0.2, 0.25) is 0 Å². The molecule has 0 saturated heterocycles. The fourth-order valence-electron chi connectivity index (χ4n) is 3.33. The monoisotopic (exact) mass is 372 g/mol. The van der Waals surface area contributed by atoms with Crippen molar-refractivity contribution in [2.24, 2.45) is 0 Å². The van der Waals surface area contributed by atoms with E-state index in [-0.39, 0.29) is 12.1 Å². The summed E-state index contributed by atoms with van der Waals surface area (Å²) < 4.78 is 33.1. The van der Waals surface area contributed by atoms with Crippen LogP contribution in [0.1, 0.15) is 23.2 Å². The molecule has 26 heavy (non-hydrogen) atoms. The number of halogens is 2. The molecule has 0 spiro atoms. The highest BCUT2D eigenvalue weighted by atomic mass is 32.1. The number of thiazole rings is 1. The van der Waals surface area contributed by atoms with E-state index < -0.39 is 11.6 Å². The number of nitrogens with zero attached hydrogens (tertiary/aromatic N) is 1. The lowest BCUT2D eigenvalue weighted by atomic mass is 10.0. The second kappa shape index (κ2) is 7.03. The van der Waals surface area contributed by atoms with Gasteiger partial charge in [-0.15, -0.1) is 0 Å². The van der Waals surface area contributed by atoms with Crippen LogP contribution in [0.3, 0.4) is 0 Å². The van der Waals surface area contributed by atoms with E-state index in [1.54, 1.807) is 7.11 Å². The van der Waals surface area contributed by atoms with E-state index >= 15 is 0 Å². The molecule has 1 heterocycles. The van der Waals surface area contributed by atoms with Crippen LogP contribution in [0.4, 0.5) is 13.9 Å². The Morgan fingerprint density at radius 1 is 1.12 bits per heavy atom. The molecule has 1 aromatic heterocycles. The molecule has 0 bridgehead atoms. The number of nitrogens with one attached hydrogen (secondary N) is 1. The maximum Gasteiger partial charge on any atom is 0.183 e. The van der Waals surface area contributed by atoms with Gasteiger partial charge in [0.05, 0.1) is 17.7 Å². The van der Waals surface area contributed by atoms with Crippen molar-refractivity contribution in [3.63, 3.8) is 0 Å². The van der Waals surface area contributed by atoms with E-state index in [2.05, 4.69) is 16.4 Å². The minimum absolute atomic E-state index is 0.0277. The molecule has 0 atom stereocenters. The molecule has 1 aliphatic carbocycles. The van der Waals surface area contributed by atoms with Gasteiger partial charge < -0.3 is 10.1 Å². The Balaban J connectivity index is 1.65. The van der Waals surface area contributed by atoms with Gasteiger partial charge in [-0.3, -0.25) is 0 Å². The summed E-state index contributed by atoms with van der Waals surface area (Å²) in [6, 6.07) is 9.93. The van der Waals surface area contributed by atoms with Gasteiger partial charge in [0.15, 0.2) is 5.13 Å². The fourth-order valence-corrected chi connectivity index (χ4v) is 4.39. The molecular weight excluding hydrogens is 354 g/mol.